The Morgan fingerprint density at radius 2 is 2.05 bits per heavy atom. The van der Waals surface area contributed by atoms with Gasteiger partial charge < -0.3 is 5.11 Å². The molecule has 0 aliphatic rings. The second-order valence-electron chi connectivity index (χ2n) is 4.27. The number of benzene rings is 1. The van der Waals surface area contributed by atoms with E-state index in [0.717, 1.165) is 12.1 Å². The van der Waals surface area contributed by atoms with Crippen molar-refractivity contribution in [2.75, 3.05) is 0 Å². The Balaban J connectivity index is 2.04. The van der Waals surface area contributed by atoms with Gasteiger partial charge in [-0.15, -0.1) is 0 Å². The largest absolute Gasteiger partial charge is 0.508 e. The molecule has 0 aliphatic carbocycles. The number of carbonyl (C=O) groups is 1. The Kier molecular flexibility index (Phi) is 4.14. The summed E-state index contributed by atoms with van der Waals surface area (Å²) in [7, 11) is 0. The predicted octanol–water partition coefficient (Wildman–Crippen LogP) is 1.76. The van der Waals surface area contributed by atoms with Crippen LogP contribution in [-0.2, 0) is 6.54 Å². The first-order valence-electron chi connectivity index (χ1n) is 6.26. The molecule has 0 unspecified atom stereocenters. The first-order valence-corrected chi connectivity index (χ1v) is 6.26. The molecule has 2 aromatic rings. The molecule has 0 aliphatic heterocycles. The quantitative estimate of drug-likeness (QED) is 0.657. The smallest absolute Gasteiger partial charge is 0.271 e. The number of phenols is 1. The molecule has 0 radical (unpaired) electrons. The Hall–Kier alpha value is -2.63. The fraction of sp³-hybridized carbons (Fsp3) is 0.214. The molecule has 6 heteroatoms. The maximum absolute atomic E-state index is 11.8. The van der Waals surface area contributed by atoms with E-state index in [4.69, 9.17) is 5.11 Å². The number of hydrazone groups is 1. The van der Waals surface area contributed by atoms with Crippen LogP contribution in [0.15, 0.2) is 41.8 Å². The van der Waals surface area contributed by atoms with Gasteiger partial charge in [-0.3, -0.25) is 9.48 Å². The molecule has 0 saturated heterocycles. The maximum atomic E-state index is 11.8. The van der Waals surface area contributed by atoms with Gasteiger partial charge in [0.1, 0.15) is 5.75 Å². The van der Waals surface area contributed by atoms with Gasteiger partial charge in [-0.2, -0.15) is 10.2 Å². The van der Waals surface area contributed by atoms with Crippen LogP contribution in [0.4, 0.5) is 0 Å². The third kappa shape index (κ3) is 3.23. The van der Waals surface area contributed by atoms with Gasteiger partial charge in [-0.1, -0.05) is 0 Å². The summed E-state index contributed by atoms with van der Waals surface area (Å²) < 4.78 is 1.79. The van der Waals surface area contributed by atoms with Gasteiger partial charge in [-0.05, 0) is 38.1 Å². The molecule has 0 bridgehead atoms. The summed E-state index contributed by atoms with van der Waals surface area (Å²) in [6, 6.07) is 5.97. The lowest BCUT2D eigenvalue weighted by Gasteiger charge is -2.01. The molecule has 1 amide bonds. The lowest BCUT2D eigenvalue weighted by atomic mass is 10.2. The standard InChI is InChI=1S/C14H16N4O2/c1-3-18-9-12(8-15-18)10(2)16-17-14(20)11-4-6-13(19)7-5-11/h4-9,19H,3H2,1-2H3,(H,17,20). The van der Waals surface area contributed by atoms with Crippen molar-refractivity contribution >= 4 is 11.6 Å². The van der Waals surface area contributed by atoms with Crippen LogP contribution in [0.2, 0.25) is 0 Å². The van der Waals surface area contributed by atoms with E-state index in [-0.39, 0.29) is 11.7 Å². The summed E-state index contributed by atoms with van der Waals surface area (Å²) in [5, 5.41) is 17.4. The van der Waals surface area contributed by atoms with Gasteiger partial charge >= 0.3 is 0 Å². The van der Waals surface area contributed by atoms with Crippen LogP contribution in [0.25, 0.3) is 0 Å². The molecule has 20 heavy (non-hydrogen) atoms. The van der Waals surface area contributed by atoms with Crippen LogP contribution in [0.5, 0.6) is 5.75 Å². The highest BCUT2D eigenvalue weighted by Gasteiger charge is 2.05. The average Bonchev–Trinajstić information content (AvgIpc) is 2.94. The van der Waals surface area contributed by atoms with E-state index in [9.17, 15) is 4.79 Å². The number of amides is 1. The number of rotatable bonds is 4. The highest BCUT2D eigenvalue weighted by molar-refractivity contribution is 6.00. The molecule has 1 aromatic carbocycles. The van der Waals surface area contributed by atoms with E-state index >= 15 is 0 Å². The normalized spacial score (nSPS) is 11.4. The van der Waals surface area contributed by atoms with E-state index < -0.39 is 0 Å². The van der Waals surface area contributed by atoms with E-state index in [1.165, 1.54) is 24.3 Å². The van der Waals surface area contributed by atoms with Gasteiger partial charge in [0, 0.05) is 23.9 Å². The van der Waals surface area contributed by atoms with Crippen LogP contribution in [-0.4, -0.2) is 26.5 Å². The van der Waals surface area contributed by atoms with E-state index in [1.54, 1.807) is 17.8 Å². The van der Waals surface area contributed by atoms with Crippen molar-refractivity contribution in [1.29, 1.82) is 0 Å². The molecule has 6 nitrogen and oxygen atoms in total. The number of aromatic nitrogens is 2. The Bertz CT molecular complexity index is 629. The number of nitrogens with zero attached hydrogens (tertiary/aromatic N) is 3. The number of carbonyl (C=O) groups excluding carboxylic acids is 1. The van der Waals surface area contributed by atoms with Crippen molar-refractivity contribution in [1.82, 2.24) is 15.2 Å². The van der Waals surface area contributed by atoms with Crippen LogP contribution >= 0.6 is 0 Å². The van der Waals surface area contributed by atoms with Crippen molar-refractivity contribution in [3.8, 4) is 5.75 Å². The summed E-state index contributed by atoms with van der Waals surface area (Å²) >= 11 is 0. The van der Waals surface area contributed by atoms with Crippen molar-refractivity contribution < 1.29 is 9.90 Å². The SMILES string of the molecule is CCn1cc(C(C)=NNC(=O)c2ccc(O)cc2)cn1. The Morgan fingerprint density at radius 3 is 2.65 bits per heavy atom. The first kappa shape index (κ1) is 13.8. The zero-order valence-corrected chi connectivity index (χ0v) is 11.4. The fourth-order valence-corrected chi connectivity index (χ4v) is 1.60. The van der Waals surface area contributed by atoms with Gasteiger partial charge in [-0.25, -0.2) is 5.43 Å². The third-order valence-electron chi connectivity index (χ3n) is 2.83. The number of nitrogens with one attached hydrogen (secondary N) is 1. The Labute approximate surface area is 116 Å². The van der Waals surface area contributed by atoms with Crippen molar-refractivity contribution in [3.63, 3.8) is 0 Å². The highest BCUT2D eigenvalue weighted by atomic mass is 16.3. The number of phenolic OH excluding ortho intramolecular Hbond substituents is 1. The van der Waals surface area contributed by atoms with Gasteiger partial charge in [0.25, 0.3) is 5.91 Å². The highest BCUT2D eigenvalue weighted by Crippen LogP contribution is 2.09. The average molecular weight is 272 g/mol. The summed E-state index contributed by atoms with van der Waals surface area (Å²) in [5.41, 5.74) is 4.44. The van der Waals surface area contributed by atoms with E-state index in [0.29, 0.717) is 11.3 Å². The molecular weight excluding hydrogens is 256 g/mol. The van der Waals surface area contributed by atoms with Gasteiger partial charge in [0.05, 0.1) is 11.9 Å². The third-order valence-corrected chi connectivity index (χ3v) is 2.83. The molecular formula is C14H16N4O2. The minimum absolute atomic E-state index is 0.119. The molecule has 0 saturated carbocycles. The number of aromatic hydroxyl groups is 1. The fourth-order valence-electron chi connectivity index (χ4n) is 1.60. The first-order chi connectivity index (χ1) is 9.60. The van der Waals surface area contributed by atoms with Crippen molar-refractivity contribution in [2.45, 2.75) is 20.4 Å². The summed E-state index contributed by atoms with van der Waals surface area (Å²) in [5.74, 6) is -0.208. The molecule has 0 atom stereocenters. The number of aryl methyl sites for hydroxylation is 1. The predicted molar refractivity (Wildman–Crippen MR) is 75.7 cm³/mol. The summed E-state index contributed by atoms with van der Waals surface area (Å²) in [4.78, 5) is 11.8. The molecule has 2 N–H and O–H groups in total. The van der Waals surface area contributed by atoms with Crippen LogP contribution in [0.3, 0.4) is 0 Å². The molecule has 1 aromatic heterocycles. The maximum Gasteiger partial charge on any atom is 0.271 e. The molecule has 2 rings (SSSR count). The molecule has 104 valence electrons. The zero-order valence-electron chi connectivity index (χ0n) is 11.4. The number of hydrogen-bond donors (Lipinski definition) is 2. The minimum Gasteiger partial charge on any atom is -0.508 e. The van der Waals surface area contributed by atoms with Crippen molar-refractivity contribution in [2.24, 2.45) is 5.10 Å². The van der Waals surface area contributed by atoms with Gasteiger partial charge in [0.2, 0.25) is 0 Å². The van der Waals surface area contributed by atoms with E-state index in [2.05, 4.69) is 15.6 Å². The second-order valence-corrected chi connectivity index (χ2v) is 4.27. The monoisotopic (exact) mass is 272 g/mol. The lowest BCUT2D eigenvalue weighted by molar-refractivity contribution is 0.0955. The van der Waals surface area contributed by atoms with E-state index in [1.807, 2.05) is 13.1 Å². The topological polar surface area (TPSA) is 79.5 Å². The van der Waals surface area contributed by atoms with Crippen LogP contribution in [0.1, 0.15) is 29.8 Å². The molecule has 0 fully saturated rings. The van der Waals surface area contributed by atoms with Crippen LogP contribution < -0.4 is 5.43 Å². The summed E-state index contributed by atoms with van der Waals surface area (Å²) in [6.07, 6.45) is 3.57. The van der Waals surface area contributed by atoms with Crippen molar-refractivity contribution in [3.05, 3.63) is 47.8 Å². The zero-order chi connectivity index (χ0) is 14.5. The molecule has 0 spiro atoms. The second kappa shape index (κ2) is 6.01. The van der Waals surface area contributed by atoms with Crippen LogP contribution in [0, 0.1) is 0 Å². The summed E-state index contributed by atoms with van der Waals surface area (Å²) in [6.45, 7) is 4.58. The minimum atomic E-state index is -0.327. The number of hydrogen-bond acceptors (Lipinski definition) is 4. The van der Waals surface area contributed by atoms with Gasteiger partial charge in [0.15, 0.2) is 0 Å². The molecule has 1 heterocycles. The Morgan fingerprint density at radius 1 is 1.35 bits per heavy atom. The lowest BCUT2D eigenvalue weighted by Crippen LogP contribution is -2.19.